The molecule has 0 spiro atoms. The molecule has 3 nitrogen and oxygen atoms in total. The molecule has 0 saturated heterocycles. The van der Waals surface area contributed by atoms with E-state index in [4.69, 9.17) is 9.47 Å². The Balaban J connectivity index is 2.77. The summed E-state index contributed by atoms with van der Waals surface area (Å²) in [6.07, 6.45) is 2.08. The fourth-order valence-corrected chi connectivity index (χ4v) is 2.32. The minimum Gasteiger partial charge on any atom is -0.379 e. The Kier molecular flexibility index (Phi) is 7.20. The van der Waals surface area contributed by atoms with Gasteiger partial charge in [0, 0.05) is 19.8 Å². The first-order chi connectivity index (χ1) is 9.54. The molecule has 0 heterocycles. The molecule has 1 N–H and O–H groups in total. The van der Waals surface area contributed by atoms with E-state index >= 15 is 0 Å². The molecule has 20 heavy (non-hydrogen) atoms. The maximum Gasteiger partial charge on any atom is 0.0977 e. The van der Waals surface area contributed by atoms with Gasteiger partial charge in [-0.1, -0.05) is 30.3 Å². The average molecular weight is 279 g/mol. The van der Waals surface area contributed by atoms with Gasteiger partial charge in [0.05, 0.1) is 11.7 Å². The second-order valence-electron chi connectivity index (χ2n) is 5.68. The number of rotatable bonds is 9. The summed E-state index contributed by atoms with van der Waals surface area (Å²) in [6.45, 7) is 7.00. The number of ether oxygens (including phenoxy) is 2. The van der Waals surface area contributed by atoms with E-state index in [0.29, 0.717) is 6.61 Å². The Hall–Kier alpha value is -0.900. The molecule has 3 heteroatoms. The Bertz CT molecular complexity index is 365. The van der Waals surface area contributed by atoms with E-state index in [2.05, 4.69) is 43.4 Å². The van der Waals surface area contributed by atoms with Gasteiger partial charge in [0.2, 0.25) is 0 Å². The van der Waals surface area contributed by atoms with Crippen molar-refractivity contribution in [2.24, 2.45) is 0 Å². The SMILES string of the molecule is CCOC(c1ccccc1)C(CCC(C)(C)OC)NC. The predicted octanol–water partition coefficient (Wildman–Crippen LogP) is 3.56. The van der Waals surface area contributed by atoms with Crippen LogP contribution in [0.25, 0.3) is 0 Å². The van der Waals surface area contributed by atoms with Gasteiger partial charge in [0.1, 0.15) is 0 Å². The zero-order valence-electron chi connectivity index (χ0n) is 13.5. The van der Waals surface area contributed by atoms with Gasteiger partial charge in [0.25, 0.3) is 0 Å². The summed E-state index contributed by atoms with van der Waals surface area (Å²) in [5, 5.41) is 3.40. The zero-order chi connectivity index (χ0) is 15.0. The van der Waals surface area contributed by atoms with Gasteiger partial charge in [-0.25, -0.2) is 0 Å². The summed E-state index contributed by atoms with van der Waals surface area (Å²) in [7, 11) is 3.77. The van der Waals surface area contributed by atoms with E-state index in [9.17, 15) is 0 Å². The van der Waals surface area contributed by atoms with Crippen molar-refractivity contribution in [3.63, 3.8) is 0 Å². The summed E-state index contributed by atoms with van der Waals surface area (Å²) in [6, 6.07) is 10.7. The topological polar surface area (TPSA) is 30.5 Å². The highest BCUT2D eigenvalue weighted by atomic mass is 16.5. The second kappa shape index (κ2) is 8.40. The zero-order valence-corrected chi connectivity index (χ0v) is 13.5. The number of benzene rings is 1. The highest BCUT2D eigenvalue weighted by molar-refractivity contribution is 5.19. The summed E-state index contributed by atoms with van der Waals surface area (Å²) in [4.78, 5) is 0. The monoisotopic (exact) mass is 279 g/mol. The molecule has 2 unspecified atom stereocenters. The van der Waals surface area contributed by atoms with Gasteiger partial charge in [-0.15, -0.1) is 0 Å². The van der Waals surface area contributed by atoms with Crippen LogP contribution in [0, 0.1) is 0 Å². The van der Waals surface area contributed by atoms with Crippen molar-refractivity contribution in [3.8, 4) is 0 Å². The normalized spacial score (nSPS) is 15.1. The third-order valence-electron chi connectivity index (χ3n) is 3.82. The smallest absolute Gasteiger partial charge is 0.0977 e. The molecule has 1 rings (SSSR count). The number of methoxy groups -OCH3 is 1. The van der Waals surface area contributed by atoms with Crippen LogP contribution in [0.3, 0.4) is 0 Å². The molecule has 0 saturated carbocycles. The highest BCUT2D eigenvalue weighted by Gasteiger charge is 2.25. The van der Waals surface area contributed by atoms with Crippen LogP contribution in [0.15, 0.2) is 30.3 Å². The van der Waals surface area contributed by atoms with Crippen molar-refractivity contribution in [2.75, 3.05) is 20.8 Å². The van der Waals surface area contributed by atoms with Crippen LogP contribution in [0.5, 0.6) is 0 Å². The molecule has 0 bridgehead atoms. The first-order valence-electron chi connectivity index (χ1n) is 7.43. The average Bonchev–Trinajstić information content (AvgIpc) is 2.47. The molecule has 0 aliphatic carbocycles. The Morgan fingerprint density at radius 2 is 1.85 bits per heavy atom. The van der Waals surface area contributed by atoms with Crippen LogP contribution in [0.1, 0.15) is 45.3 Å². The number of likely N-dealkylation sites (N-methyl/N-ethyl adjacent to an activating group) is 1. The molecule has 0 aliphatic heterocycles. The van der Waals surface area contributed by atoms with Gasteiger partial charge in [-0.3, -0.25) is 0 Å². The molecular formula is C17H29NO2. The minimum atomic E-state index is -0.0947. The molecule has 2 atom stereocenters. The van der Waals surface area contributed by atoms with Crippen LogP contribution >= 0.6 is 0 Å². The van der Waals surface area contributed by atoms with E-state index in [1.807, 2.05) is 20.0 Å². The largest absolute Gasteiger partial charge is 0.379 e. The van der Waals surface area contributed by atoms with E-state index in [0.717, 1.165) is 12.8 Å². The third kappa shape index (κ3) is 5.23. The fraction of sp³-hybridized carbons (Fsp3) is 0.647. The lowest BCUT2D eigenvalue weighted by atomic mass is 9.93. The van der Waals surface area contributed by atoms with Gasteiger partial charge in [-0.2, -0.15) is 0 Å². The van der Waals surface area contributed by atoms with E-state index in [-0.39, 0.29) is 17.7 Å². The molecule has 0 aromatic heterocycles. The molecule has 0 aliphatic rings. The Morgan fingerprint density at radius 3 is 2.35 bits per heavy atom. The highest BCUT2D eigenvalue weighted by Crippen LogP contribution is 2.26. The third-order valence-corrected chi connectivity index (χ3v) is 3.82. The van der Waals surface area contributed by atoms with Gasteiger partial charge >= 0.3 is 0 Å². The fourth-order valence-electron chi connectivity index (χ4n) is 2.32. The van der Waals surface area contributed by atoms with Gasteiger partial charge in [-0.05, 0) is 46.2 Å². The standard InChI is InChI=1S/C17H29NO2/c1-6-20-16(14-10-8-7-9-11-14)15(18-4)12-13-17(2,3)19-5/h7-11,15-16,18H,6,12-13H2,1-5H3. The number of nitrogens with one attached hydrogen (secondary N) is 1. The second-order valence-corrected chi connectivity index (χ2v) is 5.68. The summed E-state index contributed by atoms with van der Waals surface area (Å²) in [5.74, 6) is 0. The number of hydrogen-bond donors (Lipinski definition) is 1. The lowest BCUT2D eigenvalue weighted by molar-refractivity contribution is -0.00378. The summed E-state index contributed by atoms with van der Waals surface area (Å²) < 4.78 is 11.5. The maximum absolute atomic E-state index is 5.98. The molecule has 0 amide bonds. The van der Waals surface area contributed by atoms with Crippen LogP contribution in [-0.2, 0) is 9.47 Å². The molecule has 0 radical (unpaired) electrons. The van der Waals surface area contributed by atoms with E-state index in [1.165, 1.54) is 5.56 Å². The van der Waals surface area contributed by atoms with Crippen molar-refractivity contribution in [1.29, 1.82) is 0 Å². The summed E-state index contributed by atoms with van der Waals surface area (Å²) >= 11 is 0. The van der Waals surface area contributed by atoms with Crippen molar-refractivity contribution in [3.05, 3.63) is 35.9 Å². The van der Waals surface area contributed by atoms with E-state index in [1.54, 1.807) is 7.11 Å². The van der Waals surface area contributed by atoms with Crippen LogP contribution in [0.4, 0.5) is 0 Å². The molecule has 1 aromatic carbocycles. The number of hydrogen-bond acceptors (Lipinski definition) is 3. The Labute approximate surface area is 123 Å². The van der Waals surface area contributed by atoms with Crippen LogP contribution in [-0.4, -0.2) is 32.4 Å². The first kappa shape index (κ1) is 17.2. The van der Waals surface area contributed by atoms with Crippen molar-refractivity contribution in [1.82, 2.24) is 5.32 Å². The van der Waals surface area contributed by atoms with Gasteiger partial charge < -0.3 is 14.8 Å². The quantitative estimate of drug-likeness (QED) is 0.750. The lowest BCUT2D eigenvalue weighted by Crippen LogP contribution is -2.36. The molecular weight excluding hydrogens is 250 g/mol. The molecule has 0 fully saturated rings. The minimum absolute atomic E-state index is 0.0823. The Morgan fingerprint density at radius 1 is 1.20 bits per heavy atom. The predicted molar refractivity (Wildman–Crippen MR) is 84.0 cm³/mol. The van der Waals surface area contributed by atoms with Gasteiger partial charge in [0.15, 0.2) is 0 Å². The van der Waals surface area contributed by atoms with Crippen molar-refractivity contribution >= 4 is 0 Å². The maximum atomic E-state index is 5.98. The molecule has 114 valence electrons. The lowest BCUT2D eigenvalue weighted by Gasteiger charge is -2.30. The molecule has 1 aromatic rings. The van der Waals surface area contributed by atoms with Crippen molar-refractivity contribution < 1.29 is 9.47 Å². The van der Waals surface area contributed by atoms with Crippen molar-refractivity contribution in [2.45, 2.75) is 51.4 Å². The van der Waals surface area contributed by atoms with Crippen LogP contribution < -0.4 is 5.32 Å². The van der Waals surface area contributed by atoms with Crippen LogP contribution in [0.2, 0.25) is 0 Å². The summed E-state index contributed by atoms with van der Waals surface area (Å²) in [5.41, 5.74) is 1.13. The van der Waals surface area contributed by atoms with E-state index < -0.39 is 0 Å². The first-order valence-corrected chi connectivity index (χ1v) is 7.43.